The lowest BCUT2D eigenvalue weighted by Gasteiger charge is -2.42. The molecule has 2 rings (SSSR count). The van der Waals surface area contributed by atoms with Crippen LogP contribution in [0.15, 0.2) is 71.5 Å². The quantitative estimate of drug-likeness (QED) is 0.121. The number of aliphatic imine (C=N–C) groups is 1. The van der Waals surface area contributed by atoms with Gasteiger partial charge < -0.3 is 14.5 Å². The van der Waals surface area contributed by atoms with Crippen molar-refractivity contribution in [1.82, 2.24) is 9.80 Å². The highest BCUT2D eigenvalue weighted by Crippen LogP contribution is 2.35. The van der Waals surface area contributed by atoms with Crippen LogP contribution in [0, 0.1) is 17.2 Å². The molecule has 1 saturated heterocycles. The topological polar surface area (TPSA) is 68.9 Å². The Morgan fingerprint density at radius 1 is 1.23 bits per heavy atom. The Kier molecular flexibility index (Phi) is 14.7. The van der Waals surface area contributed by atoms with Gasteiger partial charge in [0.2, 0.25) is 0 Å². The maximum atomic E-state index is 13.0. The number of benzene rings is 1. The van der Waals surface area contributed by atoms with E-state index in [1.807, 2.05) is 49.9 Å². The minimum absolute atomic E-state index is 0.0108. The van der Waals surface area contributed by atoms with Crippen LogP contribution < -0.4 is 0 Å². The van der Waals surface area contributed by atoms with E-state index in [1.165, 1.54) is 31.3 Å². The van der Waals surface area contributed by atoms with Crippen LogP contribution in [0.3, 0.4) is 0 Å². The first-order valence-electron chi connectivity index (χ1n) is 16.4. The van der Waals surface area contributed by atoms with Crippen molar-refractivity contribution >= 4 is 17.4 Å². The number of unbranched alkanes of at least 4 members (excludes halogenated alkanes) is 3. The third-order valence-corrected chi connectivity index (χ3v) is 8.35. The van der Waals surface area contributed by atoms with E-state index in [-0.39, 0.29) is 12.1 Å². The monoisotopic (exact) mass is 600 g/mol. The molecule has 0 saturated carbocycles. The molecule has 2 atom stereocenters. The van der Waals surface area contributed by atoms with E-state index in [9.17, 15) is 10.1 Å². The van der Waals surface area contributed by atoms with Crippen molar-refractivity contribution in [2.75, 3.05) is 19.6 Å². The first-order chi connectivity index (χ1) is 20.9. The summed E-state index contributed by atoms with van der Waals surface area (Å²) < 4.78 is 5.71. The number of ether oxygens (including phenoxy) is 1. The molecule has 1 heterocycles. The van der Waals surface area contributed by atoms with Gasteiger partial charge in [-0.05, 0) is 89.1 Å². The molecule has 240 valence electrons. The summed E-state index contributed by atoms with van der Waals surface area (Å²) in [6, 6.07) is 9.83. The molecular weight excluding hydrogens is 544 g/mol. The Morgan fingerprint density at radius 2 is 1.95 bits per heavy atom. The van der Waals surface area contributed by atoms with Gasteiger partial charge in [0.1, 0.15) is 5.60 Å². The summed E-state index contributed by atoms with van der Waals surface area (Å²) in [7, 11) is 0. The first-order valence-corrected chi connectivity index (χ1v) is 16.4. The number of nitriles is 1. The number of carbonyl (C=O) groups excluding carboxylic acids is 1. The van der Waals surface area contributed by atoms with Crippen molar-refractivity contribution in [2.24, 2.45) is 10.9 Å². The number of hydrogen-bond acceptors (Lipinski definition) is 5. The van der Waals surface area contributed by atoms with Crippen molar-refractivity contribution in [3.63, 3.8) is 0 Å². The summed E-state index contributed by atoms with van der Waals surface area (Å²) in [4.78, 5) is 22.1. The number of rotatable bonds is 14. The summed E-state index contributed by atoms with van der Waals surface area (Å²) in [5, 5.41) is 9.47. The minimum atomic E-state index is -0.532. The molecule has 1 aliphatic rings. The van der Waals surface area contributed by atoms with E-state index in [0.29, 0.717) is 37.5 Å². The van der Waals surface area contributed by atoms with Crippen molar-refractivity contribution in [1.29, 1.82) is 5.26 Å². The van der Waals surface area contributed by atoms with Crippen LogP contribution in [-0.4, -0.2) is 52.9 Å². The zero-order chi connectivity index (χ0) is 32.9. The molecule has 0 aromatic heterocycles. The fourth-order valence-electron chi connectivity index (χ4n) is 6.00. The third kappa shape index (κ3) is 10.5. The molecule has 6 nitrogen and oxygen atoms in total. The van der Waals surface area contributed by atoms with Crippen LogP contribution in [0.2, 0.25) is 0 Å². The van der Waals surface area contributed by atoms with Gasteiger partial charge in [0.05, 0.1) is 17.3 Å². The minimum Gasteiger partial charge on any atom is -0.444 e. The zero-order valence-electron chi connectivity index (χ0n) is 28.7. The van der Waals surface area contributed by atoms with Crippen LogP contribution >= 0.6 is 0 Å². The molecule has 6 heteroatoms. The predicted octanol–water partition coefficient (Wildman–Crippen LogP) is 9.70. The summed E-state index contributed by atoms with van der Waals surface area (Å²) in [5.74, 6) is 0.396. The molecule has 1 aromatic carbocycles. The lowest BCUT2D eigenvalue weighted by Crippen LogP contribution is -2.54. The zero-order valence-corrected chi connectivity index (χ0v) is 28.7. The number of piperazine rings is 1. The van der Waals surface area contributed by atoms with Gasteiger partial charge in [-0.1, -0.05) is 70.9 Å². The molecule has 1 amide bonds. The smallest absolute Gasteiger partial charge is 0.410 e. The van der Waals surface area contributed by atoms with Crippen LogP contribution in [-0.2, 0) is 4.74 Å². The van der Waals surface area contributed by atoms with Crippen molar-refractivity contribution in [3.05, 3.63) is 77.7 Å². The fraction of sp³-hybridized carbons (Fsp3) is 0.553. The van der Waals surface area contributed by atoms with E-state index in [2.05, 4.69) is 64.8 Å². The highest BCUT2D eigenvalue weighted by molar-refractivity contribution is 6.09. The second-order valence-electron chi connectivity index (χ2n) is 12.9. The standard InChI is InChI=1S/C38H56N4O2/c1-11-15-16-17-20-32(12-2)34(13-3)36(35(40-14-4)24-28(5)33-21-18-19-31(25-33)26-39)30(7)41-22-23-42(29(6)27-41)37(43)44-38(8,9)10/h13-14,18-19,21,25,29,32H,4-5,11-12,15-17,20,22-24,27H2,1-3,6-10H3/b34-13-,36-30+,40-35?/t29-,32?/m1/s1. The number of nitrogens with zero attached hydrogens (tertiary/aromatic N) is 4. The van der Waals surface area contributed by atoms with Gasteiger partial charge in [-0.2, -0.15) is 5.26 Å². The molecule has 1 aliphatic heterocycles. The van der Waals surface area contributed by atoms with Crippen LogP contribution in [0.4, 0.5) is 4.79 Å². The highest BCUT2D eigenvalue weighted by atomic mass is 16.6. The average Bonchev–Trinajstić information content (AvgIpc) is 2.98. The van der Waals surface area contributed by atoms with Gasteiger partial charge in [-0.15, -0.1) is 0 Å². The average molecular weight is 601 g/mol. The first kappa shape index (κ1) is 36.6. The Morgan fingerprint density at radius 3 is 2.52 bits per heavy atom. The Bertz CT molecular complexity index is 1270. The number of allylic oxidation sites excluding steroid dienone is 5. The molecule has 44 heavy (non-hydrogen) atoms. The Labute approximate surface area is 267 Å². The molecule has 1 unspecified atom stereocenters. The fourth-order valence-corrected chi connectivity index (χ4v) is 6.00. The third-order valence-electron chi connectivity index (χ3n) is 8.35. The summed E-state index contributed by atoms with van der Waals surface area (Å²) in [5.41, 5.74) is 6.45. The maximum absolute atomic E-state index is 13.0. The van der Waals surface area contributed by atoms with E-state index in [4.69, 9.17) is 9.73 Å². The molecule has 0 spiro atoms. The van der Waals surface area contributed by atoms with Crippen molar-refractivity contribution in [2.45, 2.75) is 112 Å². The molecule has 1 aromatic rings. The van der Waals surface area contributed by atoms with E-state index >= 15 is 0 Å². The maximum Gasteiger partial charge on any atom is 0.410 e. The highest BCUT2D eigenvalue weighted by Gasteiger charge is 2.33. The molecule has 0 N–H and O–H groups in total. The predicted molar refractivity (Wildman–Crippen MR) is 185 cm³/mol. The molecule has 0 bridgehead atoms. The number of hydrogen-bond donors (Lipinski definition) is 0. The molecular formula is C38H56N4O2. The SMILES string of the molecule is C=CN=C(CC(=C)c1cccc(C#N)c1)C(/C(=C\C)C(CC)CCCCCC)=C(\C)N1CCN(C(=O)OC(C)(C)C)[C@H](C)C1. The summed E-state index contributed by atoms with van der Waals surface area (Å²) in [6.45, 7) is 27.0. The van der Waals surface area contributed by atoms with Crippen LogP contribution in [0.5, 0.6) is 0 Å². The molecule has 0 radical (unpaired) electrons. The lowest BCUT2D eigenvalue weighted by molar-refractivity contribution is 0.00493. The van der Waals surface area contributed by atoms with Gasteiger partial charge in [-0.3, -0.25) is 4.99 Å². The Balaban J connectivity index is 2.56. The van der Waals surface area contributed by atoms with Gasteiger partial charge >= 0.3 is 6.09 Å². The Hall–Kier alpha value is -3.59. The number of amides is 1. The van der Waals surface area contributed by atoms with Crippen LogP contribution in [0.1, 0.15) is 111 Å². The summed E-state index contributed by atoms with van der Waals surface area (Å²) >= 11 is 0. The van der Waals surface area contributed by atoms with Crippen molar-refractivity contribution < 1.29 is 9.53 Å². The van der Waals surface area contributed by atoms with E-state index < -0.39 is 5.60 Å². The number of carbonyl (C=O) groups is 1. The van der Waals surface area contributed by atoms with Gasteiger partial charge in [0, 0.05) is 49.6 Å². The van der Waals surface area contributed by atoms with Gasteiger partial charge in [0.15, 0.2) is 0 Å². The lowest BCUT2D eigenvalue weighted by atomic mass is 9.81. The van der Waals surface area contributed by atoms with Crippen molar-refractivity contribution in [3.8, 4) is 6.07 Å². The largest absolute Gasteiger partial charge is 0.444 e. The second-order valence-corrected chi connectivity index (χ2v) is 12.9. The van der Waals surface area contributed by atoms with Gasteiger partial charge in [0.25, 0.3) is 0 Å². The van der Waals surface area contributed by atoms with E-state index in [0.717, 1.165) is 41.0 Å². The molecule has 0 aliphatic carbocycles. The van der Waals surface area contributed by atoms with Crippen LogP contribution in [0.25, 0.3) is 5.57 Å². The molecule has 1 fully saturated rings. The normalized spacial score (nSPS) is 17.5. The summed E-state index contributed by atoms with van der Waals surface area (Å²) in [6.07, 6.45) is 11.2. The second kappa shape index (κ2) is 17.6. The van der Waals surface area contributed by atoms with Gasteiger partial charge in [-0.25, -0.2) is 4.79 Å². The van der Waals surface area contributed by atoms with E-state index in [1.54, 1.807) is 6.20 Å².